The number of benzene rings is 1. The highest BCUT2D eigenvalue weighted by molar-refractivity contribution is 6.01. The van der Waals surface area contributed by atoms with Crippen LogP contribution in [0.4, 0.5) is 4.39 Å². The van der Waals surface area contributed by atoms with E-state index in [4.69, 9.17) is 4.74 Å². The number of ether oxygens (including phenoxy) is 1. The van der Waals surface area contributed by atoms with E-state index in [-0.39, 0.29) is 37.6 Å². The predicted molar refractivity (Wildman–Crippen MR) is 135 cm³/mol. The first-order chi connectivity index (χ1) is 16.2. The van der Waals surface area contributed by atoms with Crippen LogP contribution in [0.3, 0.4) is 0 Å². The minimum Gasteiger partial charge on any atom is -0.491 e. The highest BCUT2D eigenvalue weighted by atomic mass is 19.1. The van der Waals surface area contributed by atoms with Gasteiger partial charge in [0.15, 0.2) is 0 Å². The zero-order valence-corrected chi connectivity index (χ0v) is 20.9. The number of amides is 2. The van der Waals surface area contributed by atoms with E-state index in [2.05, 4.69) is 16.9 Å². The summed E-state index contributed by atoms with van der Waals surface area (Å²) in [6.45, 7) is 12.3. The van der Waals surface area contributed by atoms with Crippen molar-refractivity contribution in [3.05, 3.63) is 66.0 Å². The number of nitrogens with one attached hydrogen (secondary N) is 1. The highest BCUT2D eigenvalue weighted by Crippen LogP contribution is 2.16. The summed E-state index contributed by atoms with van der Waals surface area (Å²) in [5, 5.41) is 2.76. The van der Waals surface area contributed by atoms with Crippen LogP contribution in [0.1, 0.15) is 39.7 Å². The molecule has 0 aliphatic rings. The molecule has 0 bridgehead atoms. The van der Waals surface area contributed by atoms with Crippen LogP contribution in [-0.2, 0) is 16.1 Å². The lowest BCUT2D eigenvalue weighted by Crippen LogP contribution is -2.47. The molecule has 0 aliphatic heterocycles. The molecule has 1 N–H and O–H groups in total. The van der Waals surface area contributed by atoms with Gasteiger partial charge >= 0.3 is 0 Å². The van der Waals surface area contributed by atoms with E-state index in [1.165, 1.54) is 11.0 Å². The Hall–Kier alpha value is -3.26. The minimum atomic E-state index is -0.551. The zero-order valence-electron chi connectivity index (χ0n) is 20.9. The quantitative estimate of drug-likeness (QED) is 0.202. The van der Waals surface area contributed by atoms with Crippen LogP contribution >= 0.6 is 0 Å². The van der Waals surface area contributed by atoms with E-state index >= 15 is 0 Å². The summed E-state index contributed by atoms with van der Waals surface area (Å²) < 4.78 is 18.7. The number of carbonyl (C=O) groups excluding carboxylic acids is 2. The summed E-state index contributed by atoms with van der Waals surface area (Å²) in [6, 6.07) is 7.52. The Morgan fingerprint density at radius 2 is 2.06 bits per heavy atom. The van der Waals surface area contributed by atoms with Gasteiger partial charge in [-0.2, -0.15) is 0 Å². The van der Waals surface area contributed by atoms with Gasteiger partial charge in [-0.3, -0.25) is 24.7 Å². The van der Waals surface area contributed by atoms with Gasteiger partial charge < -0.3 is 4.74 Å². The number of guanidine groups is 1. The van der Waals surface area contributed by atoms with E-state index in [1.807, 2.05) is 70.0 Å². The number of carbonyl (C=O) groups is 2. The zero-order chi connectivity index (χ0) is 25.5. The molecule has 0 saturated carbocycles. The van der Waals surface area contributed by atoms with Crippen molar-refractivity contribution in [1.82, 2.24) is 15.1 Å². The molecule has 0 aliphatic carbocycles. The average Bonchev–Trinajstić information content (AvgIpc) is 2.78. The Balaban J connectivity index is 3.08. The Morgan fingerprint density at radius 3 is 2.65 bits per heavy atom. The molecule has 34 heavy (non-hydrogen) atoms. The molecule has 0 heterocycles. The highest BCUT2D eigenvalue weighted by Gasteiger charge is 2.15. The molecule has 0 saturated heterocycles. The number of hydrogen-bond acceptors (Lipinski definition) is 5. The number of nitrogens with zero attached hydrogens (tertiary/aromatic N) is 3. The molecule has 186 valence electrons. The second-order valence-electron chi connectivity index (χ2n) is 8.03. The maximum absolute atomic E-state index is 13.0. The summed E-state index contributed by atoms with van der Waals surface area (Å²) in [4.78, 5) is 32.2. The number of hydrogen-bond donors (Lipinski definition) is 1. The Labute approximate surface area is 202 Å². The predicted octanol–water partition coefficient (Wildman–Crippen LogP) is 4.23. The molecule has 2 amide bonds. The maximum Gasteiger partial charge on any atom is 0.240 e. The molecule has 0 radical (unpaired) electrons. The van der Waals surface area contributed by atoms with Crippen molar-refractivity contribution in [2.45, 2.75) is 46.8 Å². The first-order valence-electron chi connectivity index (χ1n) is 11.4. The molecule has 1 aromatic rings. The van der Waals surface area contributed by atoms with Gasteiger partial charge in [-0.25, -0.2) is 9.38 Å². The molecule has 7 nitrogen and oxygen atoms in total. The fourth-order valence-electron chi connectivity index (χ4n) is 2.86. The average molecular weight is 473 g/mol. The standard InChI is InChI=1S/C26H37FN4O3/c1-7-22(13-12-21(5)27)14-15-31(19-32)26(29-25(33)18-30(6)8-2)28-17-23-10-9-11-24(16-23)34-20(3)4/h7,9-13,16,19-20H,5,8,14-15,17-18H2,1-4,6H3,(H,28,29,33)/b13-12-,22-7+. The lowest BCUT2D eigenvalue weighted by molar-refractivity contribution is -0.120. The van der Waals surface area contributed by atoms with Crippen LogP contribution in [0.25, 0.3) is 0 Å². The van der Waals surface area contributed by atoms with E-state index in [0.29, 0.717) is 19.4 Å². The number of allylic oxidation sites excluding steroid dienone is 4. The van der Waals surface area contributed by atoms with Gasteiger partial charge in [0.2, 0.25) is 18.3 Å². The Bertz CT molecular complexity index is 909. The molecule has 1 rings (SSSR count). The smallest absolute Gasteiger partial charge is 0.240 e. The van der Waals surface area contributed by atoms with Crippen LogP contribution in [-0.4, -0.2) is 60.9 Å². The SMILES string of the molecule is C=C(F)/C=C\C(=C/C)CCN(C=O)C(=NCc1cccc(OC(C)C)c1)NC(=O)CN(C)CC. The van der Waals surface area contributed by atoms with Gasteiger partial charge in [0, 0.05) is 6.54 Å². The molecule has 0 aromatic heterocycles. The second kappa shape index (κ2) is 15.6. The minimum absolute atomic E-state index is 0.0409. The van der Waals surface area contributed by atoms with Crippen molar-refractivity contribution < 1.29 is 18.7 Å². The van der Waals surface area contributed by atoms with Gasteiger partial charge in [-0.15, -0.1) is 0 Å². The van der Waals surface area contributed by atoms with Gasteiger partial charge in [0.05, 0.1) is 19.2 Å². The van der Waals surface area contributed by atoms with E-state index < -0.39 is 5.83 Å². The summed E-state index contributed by atoms with van der Waals surface area (Å²) in [6.07, 6.45) is 5.82. The number of likely N-dealkylation sites (N-methyl/N-ethyl adjacent to an activating group) is 1. The van der Waals surface area contributed by atoms with E-state index in [0.717, 1.165) is 16.9 Å². The molecule has 0 unspecified atom stereocenters. The monoisotopic (exact) mass is 472 g/mol. The van der Waals surface area contributed by atoms with Crippen molar-refractivity contribution in [2.24, 2.45) is 4.99 Å². The largest absolute Gasteiger partial charge is 0.491 e. The lowest BCUT2D eigenvalue weighted by Gasteiger charge is -2.22. The number of halogens is 1. The summed E-state index contributed by atoms with van der Waals surface area (Å²) in [5.41, 5.74) is 1.69. The normalized spacial score (nSPS) is 12.4. The van der Waals surface area contributed by atoms with Crippen LogP contribution in [0.2, 0.25) is 0 Å². The van der Waals surface area contributed by atoms with E-state index in [1.54, 1.807) is 6.08 Å². The van der Waals surface area contributed by atoms with Crippen molar-refractivity contribution >= 4 is 18.3 Å². The third-order valence-electron chi connectivity index (χ3n) is 4.78. The molecular weight excluding hydrogens is 435 g/mol. The molecule has 0 spiro atoms. The van der Waals surface area contributed by atoms with Crippen LogP contribution in [0.15, 0.2) is 65.5 Å². The third kappa shape index (κ3) is 11.6. The summed E-state index contributed by atoms with van der Waals surface area (Å²) >= 11 is 0. The fourth-order valence-corrected chi connectivity index (χ4v) is 2.86. The molecule has 8 heteroatoms. The first-order valence-corrected chi connectivity index (χ1v) is 11.4. The summed E-state index contributed by atoms with van der Waals surface area (Å²) in [5.74, 6) is 0.0645. The number of rotatable bonds is 13. The topological polar surface area (TPSA) is 74.2 Å². The molecule has 0 atom stereocenters. The van der Waals surface area contributed by atoms with Gasteiger partial charge in [0.25, 0.3) is 0 Å². The molecule has 1 aromatic carbocycles. The van der Waals surface area contributed by atoms with Crippen LogP contribution in [0.5, 0.6) is 5.75 Å². The summed E-state index contributed by atoms with van der Waals surface area (Å²) in [7, 11) is 1.83. The first kappa shape index (κ1) is 28.8. The lowest BCUT2D eigenvalue weighted by atomic mass is 10.1. The van der Waals surface area contributed by atoms with Crippen molar-refractivity contribution in [3.8, 4) is 5.75 Å². The fraction of sp³-hybridized carbons (Fsp3) is 0.423. The van der Waals surface area contributed by atoms with Crippen LogP contribution in [0, 0.1) is 0 Å². The number of aliphatic imine (C=N–C) groups is 1. The van der Waals surface area contributed by atoms with Crippen molar-refractivity contribution in [2.75, 3.05) is 26.7 Å². The van der Waals surface area contributed by atoms with E-state index in [9.17, 15) is 14.0 Å². The van der Waals surface area contributed by atoms with Gasteiger partial charge in [-0.05, 0) is 64.6 Å². The van der Waals surface area contributed by atoms with Gasteiger partial charge in [-0.1, -0.05) is 43.4 Å². The third-order valence-corrected chi connectivity index (χ3v) is 4.78. The Morgan fingerprint density at radius 1 is 1.32 bits per heavy atom. The maximum atomic E-state index is 13.0. The van der Waals surface area contributed by atoms with Gasteiger partial charge in [0.1, 0.15) is 11.6 Å². The molecular formula is C26H37FN4O3. The van der Waals surface area contributed by atoms with Crippen LogP contribution < -0.4 is 10.1 Å². The second-order valence-corrected chi connectivity index (χ2v) is 8.03. The van der Waals surface area contributed by atoms with Crippen molar-refractivity contribution in [1.29, 1.82) is 0 Å². The molecule has 0 fully saturated rings. The Kier molecular flexibility index (Phi) is 13.2. The van der Waals surface area contributed by atoms with Crippen molar-refractivity contribution in [3.63, 3.8) is 0 Å².